The Kier molecular flexibility index (Phi) is 6.55. The Bertz CT molecular complexity index is 576. The first-order valence-electron chi connectivity index (χ1n) is 7.07. The number of benzene rings is 2. The quantitative estimate of drug-likeness (QED) is 0.693. The van der Waals surface area contributed by atoms with Crippen LogP contribution in [-0.4, -0.2) is 12.3 Å². The van der Waals surface area contributed by atoms with E-state index in [-0.39, 0.29) is 11.9 Å². The molecule has 0 bridgehead atoms. The fourth-order valence-corrected chi connectivity index (χ4v) is 3.39. The molecule has 1 N–H and O–H groups in total. The third-order valence-corrected chi connectivity index (χ3v) is 4.74. The van der Waals surface area contributed by atoms with Crippen molar-refractivity contribution in [2.24, 2.45) is 0 Å². The van der Waals surface area contributed by atoms with E-state index in [0.29, 0.717) is 0 Å². The van der Waals surface area contributed by atoms with Gasteiger partial charge in [-0.05, 0) is 42.8 Å². The van der Waals surface area contributed by atoms with Gasteiger partial charge in [-0.25, -0.2) is 4.39 Å². The SMILES string of the molecule is CCCNC(CSc1ccccc1Cl)c1cccc(F)c1. The minimum Gasteiger partial charge on any atom is -0.309 e. The van der Waals surface area contributed by atoms with Gasteiger partial charge < -0.3 is 5.32 Å². The molecule has 0 amide bonds. The zero-order chi connectivity index (χ0) is 15.1. The van der Waals surface area contributed by atoms with Gasteiger partial charge in [0.25, 0.3) is 0 Å². The second-order valence-corrected chi connectivity index (χ2v) is 6.27. The van der Waals surface area contributed by atoms with E-state index in [1.807, 2.05) is 30.3 Å². The fraction of sp³-hybridized carbons (Fsp3) is 0.294. The highest BCUT2D eigenvalue weighted by Gasteiger charge is 2.12. The van der Waals surface area contributed by atoms with Gasteiger partial charge in [-0.15, -0.1) is 11.8 Å². The molecule has 0 aliphatic rings. The van der Waals surface area contributed by atoms with E-state index in [1.165, 1.54) is 6.07 Å². The van der Waals surface area contributed by atoms with Crippen molar-refractivity contribution in [3.8, 4) is 0 Å². The second kappa shape index (κ2) is 8.42. The van der Waals surface area contributed by atoms with Gasteiger partial charge >= 0.3 is 0 Å². The van der Waals surface area contributed by atoms with Gasteiger partial charge in [-0.1, -0.05) is 42.8 Å². The van der Waals surface area contributed by atoms with E-state index in [9.17, 15) is 4.39 Å². The molecule has 0 aromatic heterocycles. The first kappa shape index (κ1) is 16.3. The molecule has 1 unspecified atom stereocenters. The maximum Gasteiger partial charge on any atom is 0.123 e. The minimum absolute atomic E-state index is 0.113. The smallest absolute Gasteiger partial charge is 0.123 e. The van der Waals surface area contributed by atoms with Crippen molar-refractivity contribution in [1.82, 2.24) is 5.32 Å². The normalized spacial score (nSPS) is 12.3. The van der Waals surface area contributed by atoms with Crippen molar-refractivity contribution < 1.29 is 4.39 Å². The van der Waals surface area contributed by atoms with Crippen LogP contribution in [0.1, 0.15) is 24.9 Å². The van der Waals surface area contributed by atoms with Crippen molar-refractivity contribution in [2.75, 3.05) is 12.3 Å². The predicted molar refractivity (Wildman–Crippen MR) is 89.6 cm³/mol. The Morgan fingerprint density at radius 3 is 2.71 bits per heavy atom. The van der Waals surface area contributed by atoms with Gasteiger partial charge in [0.1, 0.15) is 5.82 Å². The molecule has 2 aromatic rings. The molecule has 4 heteroatoms. The molecule has 0 radical (unpaired) electrons. The molecule has 0 spiro atoms. The Labute approximate surface area is 134 Å². The molecule has 21 heavy (non-hydrogen) atoms. The number of hydrogen-bond acceptors (Lipinski definition) is 2. The molecule has 0 aliphatic carbocycles. The molecule has 112 valence electrons. The Balaban J connectivity index is 2.08. The number of thioether (sulfide) groups is 1. The van der Waals surface area contributed by atoms with Crippen LogP contribution in [0.5, 0.6) is 0 Å². The van der Waals surface area contributed by atoms with Gasteiger partial charge in [0.2, 0.25) is 0 Å². The molecule has 1 nitrogen and oxygen atoms in total. The standard InChI is InChI=1S/C17H19ClFNS/c1-2-10-20-16(13-6-5-7-14(19)11-13)12-21-17-9-4-3-8-15(17)18/h3-9,11,16,20H,2,10,12H2,1H3. The van der Waals surface area contributed by atoms with Crippen molar-refractivity contribution in [3.05, 3.63) is 64.9 Å². The van der Waals surface area contributed by atoms with E-state index in [0.717, 1.165) is 34.2 Å². The summed E-state index contributed by atoms with van der Waals surface area (Å²) in [5, 5.41) is 4.23. The van der Waals surface area contributed by atoms with E-state index < -0.39 is 0 Å². The van der Waals surface area contributed by atoms with Crippen molar-refractivity contribution >= 4 is 23.4 Å². The first-order chi connectivity index (χ1) is 10.2. The van der Waals surface area contributed by atoms with E-state index in [1.54, 1.807) is 23.9 Å². The highest BCUT2D eigenvalue weighted by atomic mass is 35.5. The van der Waals surface area contributed by atoms with E-state index >= 15 is 0 Å². The van der Waals surface area contributed by atoms with Crippen LogP contribution in [0.3, 0.4) is 0 Å². The first-order valence-corrected chi connectivity index (χ1v) is 8.43. The van der Waals surface area contributed by atoms with Gasteiger partial charge in [0.15, 0.2) is 0 Å². The third kappa shape index (κ3) is 5.03. The average molecular weight is 324 g/mol. The molecule has 0 heterocycles. The molecule has 0 saturated heterocycles. The van der Waals surface area contributed by atoms with Crippen molar-refractivity contribution in [3.63, 3.8) is 0 Å². The van der Waals surface area contributed by atoms with E-state index in [2.05, 4.69) is 12.2 Å². The van der Waals surface area contributed by atoms with Gasteiger partial charge in [-0.3, -0.25) is 0 Å². The zero-order valence-electron chi connectivity index (χ0n) is 12.0. The number of rotatable bonds is 7. The van der Waals surface area contributed by atoms with Crippen LogP contribution >= 0.6 is 23.4 Å². The van der Waals surface area contributed by atoms with Gasteiger partial charge in [-0.2, -0.15) is 0 Å². The summed E-state index contributed by atoms with van der Waals surface area (Å²) in [4.78, 5) is 1.05. The van der Waals surface area contributed by atoms with Crippen LogP contribution in [0, 0.1) is 5.82 Å². The molecule has 2 rings (SSSR count). The monoisotopic (exact) mass is 323 g/mol. The maximum atomic E-state index is 13.4. The van der Waals surface area contributed by atoms with Crippen LogP contribution in [0.15, 0.2) is 53.4 Å². The van der Waals surface area contributed by atoms with Crippen molar-refractivity contribution in [1.29, 1.82) is 0 Å². The summed E-state index contributed by atoms with van der Waals surface area (Å²) in [6, 6.07) is 14.7. The lowest BCUT2D eigenvalue weighted by atomic mass is 10.1. The highest BCUT2D eigenvalue weighted by Crippen LogP contribution is 2.30. The van der Waals surface area contributed by atoms with Crippen LogP contribution in [-0.2, 0) is 0 Å². The highest BCUT2D eigenvalue weighted by molar-refractivity contribution is 7.99. The van der Waals surface area contributed by atoms with Crippen LogP contribution in [0.25, 0.3) is 0 Å². The van der Waals surface area contributed by atoms with Crippen LogP contribution < -0.4 is 5.32 Å². The van der Waals surface area contributed by atoms with Crippen LogP contribution in [0.4, 0.5) is 4.39 Å². The summed E-state index contributed by atoms with van der Waals surface area (Å²) in [5.41, 5.74) is 0.975. The minimum atomic E-state index is -0.196. The number of nitrogens with one attached hydrogen (secondary N) is 1. The number of hydrogen-bond donors (Lipinski definition) is 1. The Morgan fingerprint density at radius 2 is 2.00 bits per heavy atom. The van der Waals surface area contributed by atoms with Gasteiger partial charge in [0.05, 0.1) is 5.02 Å². The summed E-state index contributed by atoms with van der Waals surface area (Å²) >= 11 is 7.87. The Hall–Kier alpha value is -1.03. The molecule has 0 aliphatic heterocycles. The summed E-state index contributed by atoms with van der Waals surface area (Å²) in [6.45, 7) is 3.03. The molecule has 2 aromatic carbocycles. The molecular formula is C17H19ClFNS. The Morgan fingerprint density at radius 1 is 1.19 bits per heavy atom. The fourth-order valence-electron chi connectivity index (χ4n) is 2.05. The molecule has 0 fully saturated rings. The molecular weight excluding hydrogens is 305 g/mol. The molecule has 1 atom stereocenters. The zero-order valence-corrected chi connectivity index (χ0v) is 13.6. The largest absolute Gasteiger partial charge is 0.309 e. The topological polar surface area (TPSA) is 12.0 Å². The summed E-state index contributed by atoms with van der Waals surface area (Å²) in [7, 11) is 0. The predicted octanol–water partition coefficient (Wildman–Crippen LogP) is 5.31. The lowest BCUT2D eigenvalue weighted by Crippen LogP contribution is -2.24. The lowest BCUT2D eigenvalue weighted by Gasteiger charge is -2.19. The maximum absolute atomic E-state index is 13.4. The summed E-state index contributed by atoms with van der Waals surface area (Å²) in [6.07, 6.45) is 1.04. The van der Waals surface area contributed by atoms with Crippen LogP contribution in [0.2, 0.25) is 5.02 Å². The van der Waals surface area contributed by atoms with Crippen molar-refractivity contribution in [2.45, 2.75) is 24.3 Å². The third-order valence-electron chi connectivity index (χ3n) is 3.13. The lowest BCUT2D eigenvalue weighted by molar-refractivity contribution is 0.568. The average Bonchev–Trinajstić information content (AvgIpc) is 2.49. The number of halogens is 2. The second-order valence-electron chi connectivity index (χ2n) is 4.80. The van der Waals surface area contributed by atoms with E-state index in [4.69, 9.17) is 11.6 Å². The summed E-state index contributed by atoms with van der Waals surface area (Å²) < 4.78 is 13.4. The summed E-state index contributed by atoms with van der Waals surface area (Å²) in [5.74, 6) is 0.617. The van der Waals surface area contributed by atoms with Gasteiger partial charge in [0, 0.05) is 16.7 Å². The molecule has 0 saturated carbocycles.